The number of phenols is 1. The molecule has 11 rings (SSSR count). The standard InChI is InChI=1S/C49H50N4O11S/c1-24-16-29-17-31-32(20-50)53-33-21-60-48(57)49(30-19-34(58-5)35(18-28(30)14-15-51-49)64-36(55)13-12-27-10-8-7-9-11-27)22-65-47(41(53)40(52(31)4)37(29)42(56)43(24)59-6)39-38(33)46-45(61-23-62-46)25(2)44(39)63-26(3)54/h7-11,16,18-19,31-33,40-41,47,51,56H,12-15,17,21-23H2,1-6H3/t31-,32-,33-,40?,41?,47+,49+/m0/s1. The first-order valence-corrected chi connectivity index (χ1v) is 22.9. The Morgan fingerprint density at radius 1 is 0.985 bits per heavy atom. The van der Waals surface area contributed by atoms with Crippen LogP contribution in [0.4, 0.5) is 0 Å². The number of methoxy groups -OCH3 is 2. The first-order valence-electron chi connectivity index (χ1n) is 21.8. The van der Waals surface area contributed by atoms with E-state index in [0.29, 0.717) is 76.6 Å². The molecule has 0 aliphatic carbocycles. The Morgan fingerprint density at radius 3 is 2.51 bits per heavy atom. The van der Waals surface area contributed by atoms with Crippen LogP contribution in [0.15, 0.2) is 48.5 Å². The van der Waals surface area contributed by atoms with E-state index < -0.39 is 52.9 Å². The largest absolute Gasteiger partial charge is 0.504 e. The van der Waals surface area contributed by atoms with Crippen molar-refractivity contribution in [2.75, 3.05) is 47.0 Å². The molecule has 16 heteroatoms. The van der Waals surface area contributed by atoms with Crippen LogP contribution in [0.2, 0.25) is 0 Å². The highest BCUT2D eigenvalue weighted by Gasteiger charge is 2.62. The third kappa shape index (κ3) is 6.68. The third-order valence-electron chi connectivity index (χ3n) is 14.1. The fraction of sp³-hybridized carbons (Fsp3) is 0.429. The number of hydrogen-bond acceptors (Lipinski definition) is 16. The smallest absolute Gasteiger partial charge is 0.331 e. The van der Waals surface area contributed by atoms with Crippen molar-refractivity contribution in [3.63, 3.8) is 0 Å². The fourth-order valence-corrected chi connectivity index (χ4v) is 13.0. The van der Waals surface area contributed by atoms with Crippen LogP contribution in [-0.4, -0.2) is 97.9 Å². The van der Waals surface area contributed by atoms with Gasteiger partial charge in [0.2, 0.25) is 6.79 Å². The van der Waals surface area contributed by atoms with Gasteiger partial charge >= 0.3 is 17.9 Å². The van der Waals surface area contributed by atoms with Crippen LogP contribution in [0.5, 0.6) is 40.2 Å². The summed E-state index contributed by atoms with van der Waals surface area (Å²) < 4.78 is 42.7. The topological polar surface area (TPSA) is 178 Å². The fourth-order valence-electron chi connectivity index (χ4n) is 11.3. The molecule has 2 saturated heterocycles. The molecule has 0 radical (unpaired) electrons. The van der Waals surface area contributed by atoms with Crippen molar-refractivity contribution in [2.45, 2.75) is 87.5 Å². The molecule has 2 fully saturated rings. The summed E-state index contributed by atoms with van der Waals surface area (Å²) in [4.78, 5) is 45.8. The number of thioether (sulfide) groups is 1. The van der Waals surface area contributed by atoms with Crippen molar-refractivity contribution < 1.29 is 52.6 Å². The molecule has 7 aliphatic rings. The molecule has 7 aliphatic heterocycles. The molecule has 15 nitrogen and oxygen atoms in total. The van der Waals surface area contributed by atoms with Gasteiger partial charge in [0.05, 0.1) is 37.6 Å². The van der Waals surface area contributed by atoms with Crippen LogP contribution in [-0.2, 0) is 43.9 Å². The number of nitrogens with zero attached hydrogens (tertiary/aromatic N) is 3. The summed E-state index contributed by atoms with van der Waals surface area (Å²) in [7, 11) is 5.01. The number of piperazine rings is 1. The molecule has 2 N–H and O–H groups in total. The minimum atomic E-state index is -1.43. The minimum Gasteiger partial charge on any atom is -0.504 e. The van der Waals surface area contributed by atoms with Gasteiger partial charge in [0.25, 0.3) is 0 Å². The van der Waals surface area contributed by atoms with Gasteiger partial charge in [-0.05, 0) is 80.1 Å². The summed E-state index contributed by atoms with van der Waals surface area (Å²) in [5.41, 5.74) is 5.26. The Balaban J connectivity index is 1.14. The molecule has 0 saturated carbocycles. The van der Waals surface area contributed by atoms with E-state index in [1.165, 1.54) is 32.9 Å². The van der Waals surface area contributed by atoms with E-state index in [4.69, 9.17) is 33.2 Å². The quantitative estimate of drug-likeness (QED) is 0.167. The average molecular weight is 903 g/mol. The van der Waals surface area contributed by atoms with Gasteiger partial charge in [0, 0.05) is 60.0 Å². The molecular weight excluding hydrogens is 853 g/mol. The van der Waals surface area contributed by atoms with E-state index in [0.717, 1.165) is 22.3 Å². The number of ether oxygens (including phenoxy) is 7. The second-order valence-electron chi connectivity index (χ2n) is 17.5. The number of nitriles is 1. The average Bonchev–Trinajstić information content (AvgIpc) is 3.79. The molecule has 338 valence electrons. The number of esters is 3. The molecule has 1 spiro atoms. The summed E-state index contributed by atoms with van der Waals surface area (Å²) in [5, 5.41) is 26.4. The van der Waals surface area contributed by atoms with Gasteiger partial charge in [-0.2, -0.15) is 5.26 Å². The van der Waals surface area contributed by atoms with Crippen LogP contribution >= 0.6 is 11.8 Å². The summed E-state index contributed by atoms with van der Waals surface area (Å²) >= 11 is 1.47. The Hall–Kier alpha value is -5.99. The highest BCUT2D eigenvalue weighted by atomic mass is 32.2. The van der Waals surface area contributed by atoms with Gasteiger partial charge < -0.3 is 38.3 Å². The number of carbonyl (C=O) groups is 3. The lowest BCUT2D eigenvalue weighted by Gasteiger charge is -2.62. The number of hydrogen-bond donors (Lipinski definition) is 2. The van der Waals surface area contributed by atoms with Crippen LogP contribution in [0, 0.1) is 25.2 Å². The van der Waals surface area contributed by atoms with Crippen LogP contribution in [0.3, 0.4) is 0 Å². The second kappa shape index (κ2) is 16.5. The molecule has 2 unspecified atom stereocenters. The lowest BCUT2D eigenvalue weighted by Crippen LogP contribution is -2.69. The number of phenolic OH excluding ortho intramolecular Hbond substituents is 1. The number of rotatable bonds is 7. The van der Waals surface area contributed by atoms with E-state index in [1.807, 2.05) is 57.3 Å². The van der Waals surface area contributed by atoms with Crippen LogP contribution in [0.1, 0.15) is 80.7 Å². The zero-order chi connectivity index (χ0) is 45.5. The number of likely N-dealkylation sites (N-methyl/N-ethyl adjacent to an activating group) is 1. The predicted octanol–water partition coefficient (Wildman–Crippen LogP) is 5.82. The minimum absolute atomic E-state index is 0.0304. The zero-order valence-corrected chi connectivity index (χ0v) is 37.8. The maximum atomic E-state index is 15.1. The number of nitrogens with one attached hydrogen (secondary N) is 1. The number of aromatic hydroxyl groups is 1. The monoisotopic (exact) mass is 902 g/mol. The van der Waals surface area contributed by atoms with Crippen molar-refractivity contribution in [3.8, 4) is 46.3 Å². The van der Waals surface area contributed by atoms with Gasteiger partial charge in [-0.3, -0.25) is 24.7 Å². The van der Waals surface area contributed by atoms with Crippen molar-refractivity contribution in [1.29, 1.82) is 5.26 Å². The van der Waals surface area contributed by atoms with Crippen LogP contribution < -0.4 is 33.7 Å². The first kappa shape index (κ1) is 42.9. The number of benzene rings is 4. The third-order valence-corrected chi connectivity index (χ3v) is 15.6. The molecule has 65 heavy (non-hydrogen) atoms. The normalized spacial score (nSPS) is 26.1. The van der Waals surface area contributed by atoms with Gasteiger partial charge in [-0.25, -0.2) is 4.79 Å². The molecule has 4 bridgehead atoms. The van der Waals surface area contributed by atoms with E-state index in [-0.39, 0.29) is 48.9 Å². The Kier molecular flexibility index (Phi) is 10.9. The van der Waals surface area contributed by atoms with E-state index in [2.05, 4.69) is 21.2 Å². The molecule has 0 amide bonds. The molecule has 7 heterocycles. The Labute approximate surface area is 380 Å². The maximum absolute atomic E-state index is 15.1. The van der Waals surface area contributed by atoms with Crippen molar-refractivity contribution in [2.24, 2.45) is 0 Å². The lowest BCUT2D eigenvalue weighted by atomic mass is 9.71. The van der Waals surface area contributed by atoms with E-state index >= 15 is 4.79 Å². The summed E-state index contributed by atoms with van der Waals surface area (Å²) in [6.45, 7) is 5.19. The van der Waals surface area contributed by atoms with Crippen molar-refractivity contribution >= 4 is 29.7 Å². The molecule has 0 aromatic heterocycles. The van der Waals surface area contributed by atoms with E-state index in [1.54, 1.807) is 12.1 Å². The van der Waals surface area contributed by atoms with Crippen molar-refractivity contribution in [3.05, 3.63) is 98.6 Å². The number of aryl methyl sites for hydroxylation is 2. The highest BCUT2D eigenvalue weighted by molar-refractivity contribution is 7.99. The van der Waals surface area contributed by atoms with Crippen molar-refractivity contribution in [1.82, 2.24) is 15.1 Å². The second-order valence-corrected chi connectivity index (χ2v) is 18.7. The zero-order valence-electron chi connectivity index (χ0n) is 37.0. The van der Waals surface area contributed by atoms with E-state index in [9.17, 15) is 20.0 Å². The first-order chi connectivity index (χ1) is 31.4. The lowest BCUT2D eigenvalue weighted by molar-refractivity contribution is -0.157. The predicted molar refractivity (Wildman–Crippen MR) is 237 cm³/mol. The summed E-state index contributed by atoms with van der Waals surface area (Å²) in [5.74, 6) is 0.758. The van der Waals surface area contributed by atoms with Gasteiger partial charge in [0.1, 0.15) is 18.4 Å². The van der Waals surface area contributed by atoms with Gasteiger partial charge in [-0.1, -0.05) is 36.4 Å². The Bertz CT molecular complexity index is 2690. The molecular formula is C49H50N4O11S. The number of fused-ring (bicyclic) bond motifs is 9. The van der Waals surface area contributed by atoms with Gasteiger partial charge in [0.15, 0.2) is 40.0 Å². The van der Waals surface area contributed by atoms with Gasteiger partial charge in [-0.15, -0.1) is 11.8 Å². The molecule has 4 aromatic carbocycles. The highest BCUT2D eigenvalue weighted by Crippen LogP contribution is 2.64. The summed E-state index contributed by atoms with van der Waals surface area (Å²) in [6, 6.07) is 15.1. The molecule has 7 atom stereocenters. The number of carbonyl (C=O) groups excluding carboxylic acids is 3. The molecule has 4 aromatic rings. The summed E-state index contributed by atoms with van der Waals surface area (Å²) in [6.07, 6.45) is 1.67. The Morgan fingerprint density at radius 2 is 1.77 bits per heavy atom. The maximum Gasteiger partial charge on any atom is 0.331 e. The SMILES string of the molecule is COc1cc2c(cc1OC(=O)CCc1ccccc1)CCN[C@]21CS[C@@H]2c3c(OC(C)=O)c(C)c4c(c3[C@H](COC1=O)N1C2C2c3c(cc(C)c(OC)c3O)C[C@@H]([C@@H]1C#N)N2C)OCO4. The van der Waals surface area contributed by atoms with Crippen LogP contribution in [0.25, 0.3) is 0 Å².